The molecule has 5 nitrogen and oxygen atoms in total. The van der Waals surface area contributed by atoms with E-state index in [2.05, 4.69) is 63.8 Å². The summed E-state index contributed by atoms with van der Waals surface area (Å²) >= 11 is 0. The Morgan fingerprint density at radius 1 is 0.897 bits per heavy atom. The molecule has 0 amide bonds. The van der Waals surface area contributed by atoms with Crippen molar-refractivity contribution in [2.45, 2.75) is 60.3 Å². The summed E-state index contributed by atoms with van der Waals surface area (Å²) in [5, 5.41) is 9.28. The number of carbonyl (C=O) groups excluding carboxylic acids is 1. The van der Waals surface area contributed by atoms with Gasteiger partial charge in [-0.2, -0.15) is 0 Å². The summed E-state index contributed by atoms with van der Waals surface area (Å²) in [6.45, 7) is 18.0. The van der Waals surface area contributed by atoms with Crippen LogP contribution in [0.4, 0.5) is 5.69 Å². The normalized spacial score (nSPS) is 11.5. The molecule has 0 bridgehead atoms. The van der Waals surface area contributed by atoms with E-state index in [1.165, 1.54) is 11.3 Å². The van der Waals surface area contributed by atoms with Crippen LogP contribution in [-0.2, 0) is 10.2 Å². The van der Waals surface area contributed by atoms with Crippen LogP contribution in [-0.4, -0.2) is 44.0 Å². The van der Waals surface area contributed by atoms with Gasteiger partial charge < -0.3 is 19.5 Å². The van der Waals surface area contributed by atoms with E-state index in [1.54, 1.807) is 0 Å². The molecule has 210 valence electrons. The van der Waals surface area contributed by atoms with E-state index in [9.17, 15) is 9.90 Å². The Balaban J connectivity index is 2.05. The quantitative estimate of drug-likeness (QED) is 0.191. The van der Waals surface area contributed by atoms with Gasteiger partial charge in [0.2, 0.25) is 0 Å². The first-order chi connectivity index (χ1) is 18.6. The minimum absolute atomic E-state index is 0.0382. The Hall–Kier alpha value is -3.31. The van der Waals surface area contributed by atoms with Gasteiger partial charge in [0, 0.05) is 37.4 Å². The molecule has 0 aliphatic rings. The van der Waals surface area contributed by atoms with Crippen LogP contribution in [0.1, 0.15) is 70.8 Å². The Morgan fingerprint density at radius 3 is 2.13 bits per heavy atom. The third-order valence-electron chi connectivity index (χ3n) is 6.76. The minimum atomic E-state index is -0.299. The van der Waals surface area contributed by atoms with Gasteiger partial charge in [-0.25, -0.2) is 4.79 Å². The van der Waals surface area contributed by atoms with E-state index in [-0.39, 0.29) is 18.0 Å². The van der Waals surface area contributed by atoms with Crippen LogP contribution < -0.4 is 9.64 Å². The average molecular weight is 532 g/mol. The zero-order valence-corrected chi connectivity index (χ0v) is 24.7. The number of esters is 1. The molecular weight excluding hydrogens is 486 g/mol. The molecule has 0 fully saturated rings. The van der Waals surface area contributed by atoms with Crippen LogP contribution in [0.5, 0.6) is 5.75 Å². The number of ether oxygens (including phenoxy) is 2. The van der Waals surface area contributed by atoms with Crippen LogP contribution in [0.3, 0.4) is 0 Å². The van der Waals surface area contributed by atoms with Crippen molar-refractivity contribution in [1.29, 1.82) is 0 Å². The molecule has 0 aliphatic carbocycles. The number of aliphatic hydroxyl groups excluding tert-OH is 1. The first-order valence-electron chi connectivity index (χ1n) is 14.1. The van der Waals surface area contributed by atoms with Gasteiger partial charge in [0.05, 0.1) is 18.8 Å². The van der Waals surface area contributed by atoms with E-state index in [4.69, 9.17) is 9.47 Å². The van der Waals surface area contributed by atoms with Crippen molar-refractivity contribution in [3.05, 3.63) is 71.8 Å². The Labute approximate surface area is 234 Å². The molecule has 0 heterocycles. The lowest BCUT2D eigenvalue weighted by Crippen LogP contribution is -2.26. The Bertz CT molecular complexity index is 1220. The van der Waals surface area contributed by atoms with Crippen molar-refractivity contribution in [2.24, 2.45) is 5.92 Å². The third-order valence-corrected chi connectivity index (χ3v) is 6.76. The summed E-state index contributed by atoms with van der Waals surface area (Å²) in [5.74, 6) is 0.785. The van der Waals surface area contributed by atoms with Crippen molar-refractivity contribution in [2.75, 3.05) is 37.8 Å². The highest BCUT2D eigenvalue weighted by atomic mass is 16.5. The van der Waals surface area contributed by atoms with Gasteiger partial charge in [-0.3, -0.25) is 0 Å². The number of benzene rings is 3. The molecular formula is C34H45NO4. The zero-order chi connectivity index (χ0) is 28.6. The highest BCUT2D eigenvalue weighted by Gasteiger charge is 2.22. The number of aliphatic hydroxyl groups is 1. The van der Waals surface area contributed by atoms with Crippen LogP contribution in [0.2, 0.25) is 0 Å². The summed E-state index contributed by atoms with van der Waals surface area (Å²) in [4.78, 5) is 14.8. The van der Waals surface area contributed by atoms with Crippen LogP contribution >= 0.6 is 0 Å². The minimum Gasteiger partial charge on any atom is -0.493 e. The molecule has 0 spiro atoms. The summed E-state index contributed by atoms with van der Waals surface area (Å²) in [7, 11) is 0. The standard InChI is InChI=1S/C34H45NO4/c1-8-35(9-2)31-17-15-28(22-30(31)34(5,6)7)29-21-27(16-18-32(29)38-20-10-19-36)25-11-13-26(14-12-25)33(37)39-23-24(3)4/h11-18,21-22,24,36H,8-10,19-20,23H2,1-7H3. The zero-order valence-electron chi connectivity index (χ0n) is 24.7. The lowest BCUT2D eigenvalue weighted by molar-refractivity contribution is 0.0459. The predicted octanol–water partition coefficient (Wildman–Crippen LogP) is 7.74. The van der Waals surface area contributed by atoms with Crippen LogP contribution in [0.15, 0.2) is 60.7 Å². The second kappa shape index (κ2) is 13.7. The largest absolute Gasteiger partial charge is 0.493 e. The first-order valence-corrected chi connectivity index (χ1v) is 14.1. The number of hydrogen-bond acceptors (Lipinski definition) is 5. The maximum Gasteiger partial charge on any atom is 0.338 e. The molecule has 0 aromatic heterocycles. The van der Waals surface area contributed by atoms with Gasteiger partial charge in [0.15, 0.2) is 0 Å². The van der Waals surface area contributed by atoms with Gasteiger partial charge in [0.1, 0.15) is 5.75 Å². The highest BCUT2D eigenvalue weighted by molar-refractivity contribution is 5.90. The molecule has 0 radical (unpaired) electrons. The van der Waals surface area contributed by atoms with Crippen molar-refractivity contribution in [3.8, 4) is 28.0 Å². The number of carbonyl (C=O) groups is 1. The second-order valence-corrected chi connectivity index (χ2v) is 11.4. The number of nitrogens with zero attached hydrogens (tertiary/aromatic N) is 1. The van der Waals surface area contributed by atoms with Gasteiger partial charge in [0.25, 0.3) is 0 Å². The molecule has 0 atom stereocenters. The van der Waals surface area contributed by atoms with Crippen molar-refractivity contribution in [1.82, 2.24) is 0 Å². The molecule has 3 aromatic rings. The lowest BCUT2D eigenvalue weighted by atomic mass is 9.83. The fourth-order valence-corrected chi connectivity index (χ4v) is 4.58. The van der Waals surface area contributed by atoms with Crippen LogP contribution in [0, 0.1) is 5.92 Å². The Kier molecular flexibility index (Phi) is 10.6. The van der Waals surface area contributed by atoms with E-state index >= 15 is 0 Å². The molecule has 39 heavy (non-hydrogen) atoms. The fourth-order valence-electron chi connectivity index (χ4n) is 4.58. The fraction of sp³-hybridized carbons (Fsp3) is 0.441. The average Bonchev–Trinajstić information content (AvgIpc) is 2.92. The summed E-state index contributed by atoms with van der Waals surface area (Å²) in [5.41, 5.74) is 7.19. The van der Waals surface area contributed by atoms with Crippen molar-refractivity contribution < 1.29 is 19.4 Å². The SMILES string of the molecule is CCN(CC)c1ccc(-c2cc(-c3ccc(C(=O)OCC(C)C)cc3)ccc2OCCCO)cc1C(C)(C)C. The van der Waals surface area contributed by atoms with E-state index in [1.807, 2.05) is 50.2 Å². The van der Waals surface area contributed by atoms with E-state index < -0.39 is 0 Å². The van der Waals surface area contributed by atoms with Gasteiger partial charge in [-0.1, -0.05) is 58.9 Å². The van der Waals surface area contributed by atoms with E-state index in [0.29, 0.717) is 31.1 Å². The van der Waals surface area contributed by atoms with Gasteiger partial charge in [-0.15, -0.1) is 0 Å². The number of anilines is 1. The molecule has 0 saturated carbocycles. The van der Waals surface area contributed by atoms with E-state index in [0.717, 1.165) is 41.1 Å². The third kappa shape index (κ3) is 7.86. The molecule has 1 N–H and O–H groups in total. The van der Waals surface area contributed by atoms with Gasteiger partial charge in [-0.05, 0) is 83.8 Å². The molecule has 3 aromatic carbocycles. The van der Waals surface area contributed by atoms with Crippen molar-refractivity contribution >= 4 is 11.7 Å². The first kappa shape index (κ1) is 30.2. The number of rotatable bonds is 12. The van der Waals surface area contributed by atoms with Crippen molar-refractivity contribution in [3.63, 3.8) is 0 Å². The maximum atomic E-state index is 12.4. The molecule has 5 heteroatoms. The van der Waals surface area contributed by atoms with Crippen LogP contribution in [0.25, 0.3) is 22.3 Å². The smallest absolute Gasteiger partial charge is 0.338 e. The summed E-state index contributed by atoms with van der Waals surface area (Å²) in [6, 6.07) is 20.4. The highest BCUT2D eigenvalue weighted by Crippen LogP contribution is 2.40. The lowest BCUT2D eigenvalue weighted by Gasteiger charge is -2.31. The second-order valence-electron chi connectivity index (χ2n) is 11.4. The predicted molar refractivity (Wildman–Crippen MR) is 162 cm³/mol. The topological polar surface area (TPSA) is 59.0 Å². The Morgan fingerprint density at radius 2 is 1.54 bits per heavy atom. The molecule has 0 saturated heterocycles. The van der Waals surface area contributed by atoms with Gasteiger partial charge >= 0.3 is 5.97 Å². The monoisotopic (exact) mass is 531 g/mol. The summed E-state index contributed by atoms with van der Waals surface area (Å²) in [6.07, 6.45) is 0.573. The molecule has 0 aliphatic heterocycles. The number of hydrogen-bond donors (Lipinski definition) is 1. The molecule has 0 unspecified atom stereocenters. The molecule has 3 rings (SSSR count). The summed E-state index contributed by atoms with van der Waals surface area (Å²) < 4.78 is 11.5. The maximum absolute atomic E-state index is 12.4.